The Morgan fingerprint density at radius 3 is 2.44 bits per heavy atom. The smallest absolute Gasteiger partial charge is 0.0233 e. The molecule has 1 heterocycles. The molecule has 0 spiro atoms. The zero-order valence-corrected chi connectivity index (χ0v) is 11.5. The summed E-state index contributed by atoms with van der Waals surface area (Å²) in [5.41, 5.74) is 1.44. The van der Waals surface area contributed by atoms with Gasteiger partial charge in [0, 0.05) is 11.4 Å². The van der Waals surface area contributed by atoms with Crippen molar-refractivity contribution in [3.63, 3.8) is 0 Å². The first-order valence-electron chi connectivity index (χ1n) is 6.16. The molecule has 0 aliphatic carbocycles. The van der Waals surface area contributed by atoms with Crippen LogP contribution in [-0.4, -0.2) is 22.8 Å². The molecule has 1 saturated heterocycles. The predicted octanol–water partition coefficient (Wildman–Crippen LogP) is 3.68. The van der Waals surface area contributed by atoms with E-state index in [1.807, 2.05) is 0 Å². The van der Waals surface area contributed by atoms with Crippen LogP contribution in [-0.2, 0) is 6.54 Å². The maximum Gasteiger partial charge on any atom is 0.0233 e. The predicted molar refractivity (Wildman–Crippen MR) is 72.8 cm³/mol. The number of halogens is 1. The molecule has 0 saturated carbocycles. The van der Waals surface area contributed by atoms with E-state index in [0.717, 1.165) is 12.5 Å². The number of benzene rings is 1. The summed E-state index contributed by atoms with van der Waals surface area (Å²) in [6.07, 6.45) is 2.67. The minimum atomic E-state index is 0.673. The topological polar surface area (TPSA) is 3.24 Å². The zero-order chi connectivity index (χ0) is 11.4. The van der Waals surface area contributed by atoms with Gasteiger partial charge in [-0.3, -0.25) is 4.90 Å². The molecular weight excluding hydrogens is 262 g/mol. The first-order valence-corrected chi connectivity index (χ1v) is 7.07. The van der Waals surface area contributed by atoms with Crippen LogP contribution >= 0.6 is 15.9 Å². The average Bonchev–Trinajstić information content (AvgIpc) is 2.31. The minimum absolute atomic E-state index is 0.673. The van der Waals surface area contributed by atoms with Crippen molar-refractivity contribution in [2.75, 3.05) is 13.1 Å². The van der Waals surface area contributed by atoms with Crippen LogP contribution in [0.15, 0.2) is 30.3 Å². The molecule has 1 aliphatic rings. The largest absolute Gasteiger partial charge is 0.299 e. The van der Waals surface area contributed by atoms with Gasteiger partial charge in [-0.2, -0.15) is 0 Å². The van der Waals surface area contributed by atoms with Gasteiger partial charge in [0.05, 0.1) is 0 Å². The van der Waals surface area contributed by atoms with E-state index in [4.69, 9.17) is 0 Å². The maximum atomic E-state index is 3.70. The van der Waals surface area contributed by atoms with Crippen LogP contribution in [0.3, 0.4) is 0 Å². The lowest BCUT2D eigenvalue weighted by Gasteiger charge is -2.33. The average molecular weight is 282 g/mol. The highest BCUT2D eigenvalue weighted by Gasteiger charge is 2.22. The molecule has 0 bridgehead atoms. The van der Waals surface area contributed by atoms with E-state index < -0.39 is 0 Å². The normalized spacial score (nSPS) is 20.9. The summed E-state index contributed by atoms with van der Waals surface area (Å²) in [6, 6.07) is 10.8. The standard InChI is InChI=1S/C14H20BrN/c1-12(15)14-7-9-16(10-8-14)11-13-5-3-2-4-6-13/h2-6,12,14H,7-11H2,1H3. The summed E-state index contributed by atoms with van der Waals surface area (Å²) in [5.74, 6) is 0.868. The molecule has 88 valence electrons. The molecule has 1 aromatic carbocycles. The van der Waals surface area contributed by atoms with Crippen molar-refractivity contribution >= 4 is 15.9 Å². The monoisotopic (exact) mass is 281 g/mol. The van der Waals surface area contributed by atoms with Crippen LogP contribution in [0.25, 0.3) is 0 Å². The van der Waals surface area contributed by atoms with E-state index in [-0.39, 0.29) is 0 Å². The van der Waals surface area contributed by atoms with Gasteiger partial charge in [0.2, 0.25) is 0 Å². The number of rotatable bonds is 3. The molecule has 1 nitrogen and oxygen atoms in total. The highest BCUT2D eigenvalue weighted by Crippen LogP contribution is 2.25. The second-order valence-corrected chi connectivity index (χ2v) is 6.22. The third-order valence-electron chi connectivity index (χ3n) is 3.53. The lowest BCUT2D eigenvalue weighted by molar-refractivity contribution is 0.178. The molecule has 1 fully saturated rings. The Balaban J connectivity index is 1.82. The van der Waals surface area contributed by atoms with E-state index in [9.17, 15) is 0 Å². The van der Waals surface area contributed by atoms with Crippen LogP contribution in [0.1, 0.15) is 25.3 Å². The second-order valence-electron chi connectivity index (χ2n) is 4.78. The molecule has 1 aromatic rings. The fraction of sp³-hybridized carbons (Fsp3) is 0.571. The van der Waals surface area contributed by atoms with E-state index in [2.05, 4.69) is 58.1 Å². The first kappa shape index (κ1) is 12.1. The maximum absolute atomic E-state index is 3.70. The summed E-state index contributed by atoms with van der Waals surface area (Å²) in [6.45, 7) is 5.88. The Hall–Kier alpha value is -0.340. The molecule has 1 atom stereocenters. The van der Waals surface area contributed by atoms with Crippen LogP contribution in [0.4, 0.5) is 0 Å². The van der Waals surface area contributed by atoms with Crippen molar-refractivity contribution in [1.82, 2.24) is 4.90 Å². The summed E-state index contributed by atoms with van der Waals surface area (Å²) in [5, 5.41) is 0. The number of nitrogens with zero attached hydrogens (tertiary/aromatic N) is 1. The second kappa shape index (κ2) is 5.83. The minimum Gasteiger partial charge on any atom is -0.299 e. The molecule has 2 heteroatoms. The van der Waals surface area contributed by atoms with Crippen LogP contribution < -0.4 is 0 Å². The molecule has 0 aromatic heterocycles. The quantitative estimate of drug-likeness (QED) is 0.764. The highest BCUT2D eigenvalue weighted by atomic mass is 79.9. The van der Waals surface area contributed by atoms with Crippen molar-refractivity contribution in [2.24, 2.45) is 5.92 Å². The lowest BCUT2D eigenvalue weighted by Crippen LogP contribution is -2.35. The zero-order valence-electron chi connectivity index (χ0n) is 9.90. The van der Waals surface area contributed by atoms with E-state index >= 15 is 0 Å². The molecular formula is C14H20BrN. The van der Waals surface area contributed by atoms with Gasteiger partial charge in [0.15, 0.2) is 0 Å². The van der Waals surface area contributed by atoms with Crippen molar-refractivity contribution in [3.05, 3.63) is 35.9 Å². The van der Waals surface area contributed by atoms with Gasteiger partial charge in [0.1, 0.15) is 0 Å². The summed E-state index contributed by atoms with van der Waals surface area (Å²) in [7, 11) is 0. The SMILES string of the molecule is CC(Br)C1CCN(Cc2ccccc2)CC1. The van der Waals surface area contributed by atoms with Gasteiger partial charge in [-0.05, 0) is 37.4 Å². The molecule has 2 rings (SSSR count). The van der Waals surface area contributed by atoms with Crippen LogP contribution in [0, 0.1) is 5.92 Å². The third kappa shape index (κ3) is 3.33. The number of alkyl halides is 1. The highest BCUT2D eigenvalue weighted by molar-refractivity contribution is 9.09. The van der Waals surface area contributed by atoms with Crippen LogP contribution in [0.5, 0.6) is 0 Å². The molecule has 1 aliphatic heterocycles. The van der Waals surface area contributed by atoms with Gasteiger partial charge < -0.3 is 0 Å². The van der Waals surface area contributed by atoms with Gasteiger partial charge in [0.25, 0.3) is 0 Å². The molecule has 0 amide bonds. The van der Waals surface area contributed by atoms with Gasteiger partial charge in [-0.15, -0.1) is 0 Å². The Morgan fingerprint density at radius 1 is 1.25 bits per heavy atom. The Kier molecular flexibility index (Phi) is 4.42. The van der Waals surface area contributed by atoms with E-state index in [1.54, 1.807) is 0 Å². The van der Waals surface area contributed by atoms with Crippen LogP contribution in [0.2, 0.25) is 0 Å². The Bertz CT molecular complexity index is 302. The van der Waals surface area contributed by atoms with Crippen molar-refractivity contribution in [3.8, 4) is 0 Å². The van der Waals surface area contributed by atoms with Gasteiger partial charge in [-0.25, -0.2) is 0 Å². The molecule has 16 heavy (non-hydrogen) atoms. The van der Waals surface area contributed by atoms with E-state index in [0.29, 0.717) is 4.83 Å². The molecule has 0 radical (unpaired) electrons. The number of likely N-dealkylation sites (tertiary alicyclic amines) is 1. The number of hydrogen-bond acceptors (Lipinski definition) is 1. The summed E-state index contributed by atoms with van der Waals surface area (Å²) >= 11 is 3.70. The van der Waals surface area contributed by atoms with Crippen molar-refractivity contribution in [2.45, 2.75) is 31.1 Å². The summed E-state index contributed by atoms with van der Waals surface area (Å²) in [4.78, 5) is 3.24. The van der Waals surface area contributed by atoms with Gasteiger partial charge >= 0.3 is 0 Å². The first-order chi connectivity index (χ1) is 7.75. The van der Waals surface area contributed by atoms with Crippen molar-refractivity contribution in [1.29, 1.82) is 0 Å². The third-order valence-corrected chi connectivity index (χ3v) is 4.28. The summed E-state index contributed by atoms with van der Waals surface area (Å²) < 4.78 is 0. The molecule has 1 unspecified atom stereocenters. The fourth-order valence-electron chi connectivity index (χ4n) is 2.41. The van der Waals surface area contributed by atoms with Gasteiger partial charge in [-0.1, -0.05) is 53.2 Å². The number of piperidine rings is 1. The van der Waals surface area contributed by atoms with E-state index in [1.165, 1.54) is 31.5 Å². The molecule has 0 N–H and O–H groups in total. The Labute approximate surface area is 107 Å². The number of hydrogen-bond donors (Lipinski definition) is 0. The fourth-order valence-corrected chi connectivity index (χ4v) is 2.94. The lowest BCUT2D eigenvalue weighted by atomic mass is 9.94. The Morgan fingerprint density at radius 2 is 1.88 bits per heavy atom. The van der Waals surface area contributed by atoms with Crippen molar-refractivity contribution < 1.29 is 0 Å².